The molecule has 5 aromatic rings. The van der Waals surface area contributed by atoms with E-state index in [1.165, 1.54) is 10.9 Å². The number of para-hydroxylation sites is 1. The molecule has 0 spiro atoms. The first-order valence-corrected chi connectivity index (χ1v) is 10.1. The van der Waals surface area contributed by atoms with Crippen LogP contribution in [0.4, 0.5) is 5.69 Å². The zero-order valence-electron chi connectivity index (χ0n) is 16.7. The number of aromatic nitrogens is 3. The fourth-order valence-corrected chi connectivity index (χ4v) is 3.75. The number of imidazole rings is 1. The van der Waals surface area contributed by atoms with Crippen LogP contribution in [0.15, 0.2) is 79.0 Å². The van der Waals surface area contributed by atoms with Gasteiger partial charge in [0.05, 0.1) is 11.0 Å². The van der Waals surface area contributed by atoms with Gasteiger partial charge in [0.1, 0.15) is 5.82 Å². The van der Waals surface area contributed by atoms with Gasteiger partial charge in [-0.05, 0) is 66.4 Å². The number of H-pyrrole nitrogens is 1. The standard InChI is InChI=1S/C25H22N4O/c1-17-6-11-21-22(16-17)28-25(27-21)19-7-9-20(10-8-19)26-24(30)13-15-29-14-12-18-4-2-3-5-23(18)29/h2-12,14,16H,13,15H2,1H3,(H,26,30)(H,27,28). The van der Waals surface area contributed by atoms with Gasteiger partial charge in [0.2, 0.25) is 5.91 Å². The molecule has 0 saturated carbocycles. The number of fused-ring (bicyclic) bond motifs is 2. The average Bonchev–Trinajstić information content (AvgIpc) is 3.36. The summed E-state index contributed by atoms with van der Waals surface area (Å²) in [6, 6.07) is 24.2. The molecule has 3 aromatic carbocycles. The van der Waals surface area contributed by atoms with Gasteiger partial charge in [0.25, 0.3) is 0 Å². The van der Waals surface area contributed by atoms with E-state index >= 15 is 0 Å². The van der Waals surface area contributed by atoms with Gasteiger partial charge >= 0.3 is 0 Å². The third-order valence-electron chi connectivity index (χ3n) is 5.34. The number of carbonyl (C=O) groups is 1. The molecule has 2 N–H and O–H groups in total. The molecule has 5 nitrogen and oxygen atoms in total. The van der Waals surface area contributed by atoms with Crippen LogP contribution in [0.5, 0.6) is 0 Å². The van der Waals surface area contributed by atoms with Crippen molar-refractivity contribution >= 4 is 33.5 Å². The van der Waals surface area contributed by atoms with E-state index in [-0.39, 0.29) is 5.91 Å². The molecule has 0 radical (unpaired) electrons. The normalized spacial score (nSPS) is 11.2. The molecule has 5 rings (SSSR count). The van der Waals surface area contributed by atoms with Crippen molar-refractivity contribution in [3.63, 3.8) is 0 Å². The zero-order chi connectivity index (χ0) is 20.5. The lowest BCUT2D eigenvalue weighted by atomic mass is 10.2. The van der Waals surface area contributed by atoms with Crippen LogP contribution in [0.25, 0.3) is 33.3 Å². The minimum Gasteiger partial charge on any atom is -0.347 e. The van der Waals surface area contributed by atoms with Crippen LogP contribution in [0.2, 0.25) is 0 Å². The van der Waals surface area contributed by atoms with Gasteiger partial charge in [-0.25, -0.2) is 4.98 Å². The minimum atomic E-state index is -0.000238. The van der Waals surface area contributed by atoms with Gasteiger partial charge in [-0.2, -0.15) is 0 Å². The fourth-order valence-electron chi connectivity index (χ4n) is 3.75. The lowest BCUT2D eigenvalue weighted by Gasteiger charge is -2.08. The molecule has 0 fully saturated rings. The minimum absolute atomic E-state index is 0.000238. The quantitative estimate of drug-likeness (QED) is 0.412. The Hall–Kier alpha value is -3.86. The molecular weight excluding hydrogens is 372 g/mol. The lowest BCUT2D eigenvalue weighted by Crippen LogP contribution is -2.14. The maximum atomic E-state index is 12.4. The summed E-state index contributed by atoms with van der Waals surface area (Å²) in [4.78, 5) is 20.4. The van der Waals surface area contributed by atoms with Crippen LogP contribution < -0.4 is 5.32 Å². The highest BCUT2D eigenvalue weighted by Crippen LogP contribution is 2.23. The van der Waals surface area contributed by atoms with Crippen molar-refractivity contribution in [2.75, 3.05) is 5.32 Å². The van der Waals surface area contributed by atoms with E-state index in [1.807, 2.05) is 48.7 Å². The number of carbonyl (C=O) groups excluding carboxylic acids is 1. The molecule has 1 amide bonds. The van der Waals surface area contributed by atoms with Crippen molar-refractivity contribution in [2.45, 2.75) is 19.9 Å². The summed E-state index contributed by atoms with van der Waals surface area (Å²) in [6.45, 7) is 2.71. The highest BCUT2D eigenvalue weighted by molar-refractivity contribution is 5.91. The van der Waals surface area contributed by atoms with Gasteiger partial charge in [-0.15, -0.1) is 0 Å². The number of aryl methyl sites for hydroxylation is 2. The van der Waals surface area contributed by atoms with Gasteiger partial charge in [0, 0.05) is 35.9 Å². The predicted octanol–water partition coefficient (Wildman–Crippen LogP) is 5.52. The van der Waals surface area contributed by atoms with Crippen molar-refractivity contribution in [3.8, 4) is 11.4 Å². The first-order chi connectivity index (χ1) is 14.7. The van der Waals surface area contributed by atoms with Crippen LogP contribution in [0, 0.1) is 6.92 Å². The van der Waals surface area contributed by atoms with E-state index in [0.29, 0.717) is 13.0 Å². The smallest absolute Gasteiger partial charge is 0.226 e. The number of aromatic amines is 1. The molecule has 0 aliphatic carbocycles. The Bertz CT molecular complexity index is 1340. The summed E-state index contributed by atoms with van der Waals surface area (Å²) in [5.74, 6) is 0.827. The van der Waals surface area contributed by atoms with Crippen LogP contribution in [0.1, 0.15) is 12.0 Å². The first-order valence-electron chi connectivity index (χ1n) is 10.1. The first kappa shape index (κ1) is 18.2. The van der Waals surface area contributed by atoms with E-state index < -0.39 is 0 Å². The molecular formula is C25H22N4O. The number of anilines is 1. The number of amides is 1. The molecule has 2 heterocycles. The average molecular weight is 394 g/mol. The van der Waals surface area contributed by atoms with Crippen molar-refractivity contribution in [2.24, 2.45) is 0 Å². The third-order valence-corrected chi connectivity index (χ3v) is 5.34. The molecule has 0 aliphatic rings. The molecule has 0 saturated heterocycles. The Kier molecular flexibility index (Phi) is 4.56. The topological polar surface area (TPSA) is 62.7 Å². The Morgan fingerprint density at radius 2 is 1.87 bits per heavy atom. The summed E-state index contributed by atoms with van der Waals surface area (Å²) in [5, 5.41) is 4.17. The van der Waals surface area contributed by atoms with Crippen LogP contribution in [0.3, 0.4) is 0 Å². The van der Waals surface area contributed by atoms with Crippen molar-refractivity contribution in [1.82, 2.24) is 14.5 Å². The van der Waals surface area contributed by atoms with E-state index in [2.05, 4.69) is 57.1 Å². The van der Waals surface area contributed by atoms with Crippen molar-refractivity contribution in [3.05, 3.63) is 84.6 Å². The largest absolute Gasteiger partial charge is 0.347 e. The molecule has 0 bridgehead atoms. The number of nitrogens with one attached hydrogen (secondary N) is 2. The molecule has 2 aromatic heterocycles. The third kappa shape index (κ3) is 3.57. The Morgan fingerprint density at radius 3 is 2.73 bits per heavy atom. The number of hydrogen-bond donors (Lipinski definition) is 2. The Labute approximate surface area is 174 Å². The summed E-state index contributed by atoms with van der Waals surface area (Å²) < 4.78 is 2.11. The predicted molar refractivity (Wildman–Crippen MR) is 121 cm³/mol. The fraction of sp³-hybridized carbons (Fsp3) is 0.120. The molecule has 0 aliphatic heterocycles. The van der Waals surface area contributed by atoms with Crippen molar-refractivity contribution < 1.29 is 4.79 Å². The summed E-state index contributed by atoms with van der Waals surface area (Å²) >= 11 is 0. The van der Waals surface area contributed by atoms with E-state index in [9.17, 15) is 4.79 Å². The summed E-state index contributed by atoms with van der Waals surface area (Å²) in [5.41, 5.74) is 6.10. The zero-order valence-corrected chi connectivity index (χ0v) is 16.7. The van der Waals surface area contributed by atoms with E-state index in [1.54, 1.807) is 0 Å². The maximum absolute atomic E-state index is 12.4. The highest BCUT2D eigenvalue weighted by atomic mass is 16.1. The van der Waals surface area contributed by atoms with Crippen LogP contribution in [-0.2, 0) is 11.3 Å². The molecule has 0 unspecified atom stereocenters. The van der Waals surface area contributed by atoms with Gasteiger partial charge in [-0.3, -0.25) is 4.79 Å². The Morgan fingerprint density at radius 1 is 1.03 bits per heavy atom. The number of rotatable bonds is 5. The van der Waals surface area contributed by atoms with Crippen molar-refractivity contribution in [1.29, 1.82) is 0 Å². The SMILES string of the molecule is Cc1ccc2nc(-c3ccc(NC(=O)CCn4ccc5ccccc54)cc3)[nH]c2c1. The molecule has 5 heteroatoms. The van der Waals surface area contributed by atoms with Gasteiger partial charge in [-0.1, -0.05) is 24.3 Å². The summed E-state index contributed by atoms with van der Waals surface area (Å²) in [7, 11) is 0. The molecule has 0 atom stereocenters. The second-order valence-electron chi connectivity index (χ2n) is 7.55. The summed E-state index contributed by atoms with van der Waals surface area (Å²) in [6.07, 6.45) is 2.45. The Balaban J connectivity index is 1.24. The monoisotopic (exact) mass is 394 g/mol. The molecule has 148 valence electrons. The van der Waals surface area contributed by atoms with Crippen LogP contribution >= 0.6 is 0 Å². The number of hydrogen-bond acceptors (Lipinski definition) is 2. The van der Waals surface area contributed by atoms with E-state index in [0.717, 1.165) is 33.6 Å². The van der Waals surface area contributed by atoms with Crippen LogP contribution in [-0.4, -0.2) is 20.4 Å². The van der Waals surface area contributed by atoms with E-state index in [4.69, 9.17) is 0 Å². The number of nitrogens with zero attached hydrogens (tertiary/aromatic N) is 2. The number of benzene rings is 3. The maximum Gasteiger partial charge on any atom is 0.226 e. The van der Waals surface area contributed by atoms with Gasteiger partial charge < -0.3 is 14.9 Å². The lowest BCUT2D eigenvalue weighted by molar-refractivity contribution is -0.116. The second-order valence-corrected chi connectivity index (χ2v) is 7.55. The van der Waals surface area contributed by atoms with Gasteiger partial charge in [0.15, 0.2) is 0 Å². The second kappa shape index (κ2) is 7.52. The highest BCUT2D eigenvalue weighted by Gasteiger charge is 2.08. The molecule has 30 heavy (non-hydrogen) atoms.